The van der Waals surface area contributed by atoms with Crippen LogP contribution >= 0.6 is 0 Å². The van der Waals surface area contributed by atoms with Crippen molar-refractivity contribution in [1.82, 2.24) is 4.57 Å². The normalized spacial score (nSPS) is 11.9. The first-order chi connectivity index (χ1) is 30.6. The van der Waals surface area contributed by atoms with Crippen LogP contribution in [0, 0.1) is 0 Å². The fraction of sp³-hybridized carbons (Fsp3) is 0.0167. The fourth-order valence-corrected chi connectivity index (χ4v) is 8.53. The molecule has 0 N–H and O–H groups in total. The van der Waals surface area contributed by atoms with Gasteiger partial charge in [0.15, 0.2) is 0 Å². The molecule has 0 radical (unpaired) electrons. The van der Waals surface area contributed by atoms with Crippen molar-refractivity contribution in [3.63, 3.8) is 0 Å². The maximum absolute atomic E-state index is 5.10. The third-order valence-corrected chi connectivity index (χ3v) is 11.8. The molecule has 1 aromatic heterocycles. The van der Waals surface area contributed by atoms with Crippen molar-refractivity contribution in [2.45, 2.75) is 6.92 Å². The Bertz CT molecular complexity index is 3250. The number of hydrogen-bond acceptors (Lipinski definition) is 1. The highest BCUT2D eigenvalue weighted by Gasteiger charge is 2.15. The monoisotopic (exact) mass is 792 g/mol. The number of benzene rings is 9. The molecule has 0 fully saturated rings. The molecule has 10 aromatic rings. The highest BCUT2D eigenvalue weighted by atomic mass is 15.0. The number of para-hydroxylation sites is 2. The Kier molecular flexibility index (Phi) is 10.4. The zero-order valence-corrected chi connectivity index (χ0v) is 34.6. The summed E-state index contributed by atoms with van der Waals surface area (Å²) in [6.07, 6.45) is 2.15. The molecule has 1 heterocycles. The summed E-state index contributed by atoms with van der Waals surface area (Å²) in [6.45, 7) is 6.56. The van der Waals surface area contributed by atoms with Gasteiger partial charge in [-0.25, -0.2) is 4.99 Å². The van der Waals surface area contributed by atoms with Crippen LogP contribution < -0.4 is 0 Å². The lowest BCUT2D eigenvalue weighted by Gasteiger charge is -2.14. The Morgan fingerprint density at radius 3 is 1.58 bits per heavy atom. The first-order valence-corrected chi connectivity index (χ1v) is 21.1. The second-order valence-corrected chi connectivity index (χ2v) is 15.7. The molecule has 0 amide bonds. The van der Waals surface area contributed by atoms with Crippen LogP contribution in [0.5, 0.6) is 0 Å². The standard InChI is InChI=1S/C60H44N2/c1-42(44-17-7-3-8-18-44)39-58(50-21-11-5-12-22-50)61-43(2)45-27-33-49(34-28-45)54-37-35-51(40-56(54)48-19-9-4-10-20-48)46-29-31-47(32-30-46)52-36-38-60-57(41-52)55-25-15-16-26-59(55)62(60)53-23-13-6-14-24-53/h3-41H,2H2,1H3/b42-39+,61-58?. The van der Waals surface area contributed by atoms with E-state index < -0.39 is 0 Å². The molecular weight excluding hydrogens is 749 g/mol. The maximum atomic E-state index is 5.10. The van der Waals surface area contributed by atoms with Gasteiger partial charge in [-0.2, -0.15) is 0 Å². The highest BCUT2D eigenvalue weighted by Crippen LogP contribution is 2.38. The lowest BCUT2D eigenvalue weighted by molar-refractivity contribution is 1.18. The van der Waals surface area contributed by atoms with Crippen LogP contribution in [-0.2, 0) is 0 Å². The fourth-order valence-electron chi connectivity index (χ4n) is 8.53. The van der Waals surface area contributed by atoms with Gasteiger partial charge in [-0.05, 0) is 111 Å². The van der Waals surface area contributed by atoms with E-state index in [1.165, 1.54) is 72.0 Å². The minimum absolute atomic E-state index is 0.716. The van der Waals surface area contributed by atoms with Gasteiger partial charge < -0.3 is 4.57 Å². The zero-order chi connectivity index (χ0) is 41.8. The second-order valence-electron chi connectivity index (χ2n) is 15.7. The van der Waals surface area contributed by atoms with Gasteiger partial charge in [0.25, 0.3) is 0 Å². The Morgan fingerprint density at radius 1 is 0.403 bits per heavy atom. The van der Waals surface area contributed by atoms with E-state index in [-0.39, 0.29) is 0 Å². The molecule has 0 atom stereocenters. The molecule has 9 aromatic carbocycles. The maximum Gasteiger partial charge on any atom is 0.0712 e. The molecule has 294 valence electrons. The van der Waals surface area contributed by atoms with Crippen LogP contribution in [0.15, 0.2) is 248 Å². The van der Waals surface area contributed by atoms with Gasteiger partial charge in [0.2, 0.25) is 0 Å². The summed E-state index contributed by atoms with van der Waals surface area (Å²) >= 11 is 0. The van der Waals surface area contributed by atoms with Crippen molar-refractivity contribution in [2.75, 3.05) is 0 Å². The topological polar surface area (TPSA) is 17.3 Å². The van der Waals surface area contributed by atoms with E-state index in [0.29, 0.717) is 5.70 Å². The zero-order valence-electron chi connectivity index (χ0n) is 34.6. The Morgan fingerprint density at radius 2 is 0.903 bits per heavy atom. The summed E-state index contributed by atoms with van der Waals surface area (Å²) < 4.78 is 2.36. The van der Waals surface area contributed by atoms with Gasteiger partial charge in [0.05, 0.1) is 22.4 Å². The predicted molar refractivity (Wildman–Crippen MR) is 265 cm³/mol. The Hall–Kier alpha value is -8.07. The SMILES string of the molecule is C=C(N=C(/C=C(\C)c1ccccc1)c1ccccc1)c1ccc(-c2ccc(-c3ccc(-c4ccc5c(c4)c4ccccc4n5-c4ccccc4)cc3)cc2-c2ccccc2)cc1. The van der Waals surface area contributed by atoms with Crippen LogP contribution in [0.2, 0.25) is 0 Å². The summed E-state index contributed by atoms with van der Waals surface area (Å²) in [6, 6.07) is 82.1. The van der Waals surface area contributed by atoms with Crippen LogP contribution in [0.4, 0.5) is 0 Å². The number of fused-ring (bicyclic) bond motifs is 3. The number of nitrogens with zero attached hydrogens (tertiary/aromatic N) is 2. The van der Waals surface area contributed by atoms with Crippen molar-refractivity contribution in [3.8, 4) is 50.2 Å². The van der Waals surface area contributed by atoms with E-state index in [0.717, 1.165) is 28.0 Å². The molecular formula is C60H44N2. The molecule has 0 spiro atoms. The Balaban J connectivity index is 0.953. The largest absolute Gasteiger partial charge is 0.309 e. The molecule has 0 aliphatic carbocycles. The van der Waals surface area contributed by atoms with E-state index >= 15 is 0 Å². The molecule has 0 saturated carbocycles. The summed E-state index contributed by atoms with van der Waals surface area (Å²) in [5.41, 5.74) is 18.9. The highest BCUT2D eigenvalue weighted by molar-refractivity contribution is 6.14. The minimum atomic E-state index is 0.716. The van der Waals surface area contributed by atoms with Gasteiger partial charge >= 0.3 is 0 Å². The second kappa shape index (κ2) is 16.9. The van der Waals surface area contributed by atoms with Crippen molar-refractivity contribution in [3.05, 3.63) is 260 Å². The van der Waals surface area contributed by atoms with Crippen molar-refractivity contribution in [1.29, 1.82) is 0 Å². The van der Waals surface area contributed by atoms with Crippen molar-refractivity contribution >= 4 is 38.8 Å². The molecule has 2 nitrogen and oxygen atoms in total. The summed E-state index contributed by atoms with van der Waals surface area (Å²) in [5, 5.41) is 2.51. The quantitative estimate of drug-likeness (QED) is 0.123. The van der Waals surface area contributed by atoms with Crippen LogP contribution in [0.3, 0.4) is 0 Å². The number of hydrogen-bond donors (Lipinski definition) is 0. The van der Waals surface area contributed by atoms with E-state index in [4.69, 9.17) is 4.99 Å². The predicted octanol–water partition coefficient (Wildman–Crippen LogP) is 16.0. The average molecular weight is 793 g/mol. The van der Waals surface area contributed by atoms with Crippen LogP contribution in [0.25, 0.3) is 83.3 Å². The molecule has 0 saturated heterocycles. The van der Waals surface area contributed by atoms with Gasteiger partial charge in [0.1, 0.15) is 0 Å². The first-order valence-electron chi connectivity index (χ1n) is 21.1. The number of allylic oxidation sites excluding steroid dienone is 2. The number of rotatable bonds is 10. The summed E-state index contributed by atoms with van der Waals surface area (Å²) in [7, 11) is 0. The van der Waals surface area contributed by atoms with Gasteiger partial charge in [-0.3, -0.25) is 0 Å². The third kappa shape index (κ3) is 7.62. The van der Waals surface area contributed by atoms with Crippen molar-refractivity contribution in [2.24, 2.45) is 4.99 Å². The average Bonchev–Trinajstić information content (AvgIpc) is 3.68. The van der Waals surface area contributed by atoms with Crippen LogP contribution in [-0.4, -0.2) is 10.3 Å². The Labute approximate surface area is 363 Å². The molecule has 0 aliphatic rings. The smallest absolute Gasteiger partial charge is 0.0712 e. The summed E-state index contributed by atoms with van der Waals surface area (Å²) in [5.74, 6) is 0. The first kappa shape index (κ1) is 38.2. The van der Waals surface area contributed by atoms with E-state index in [1.807, 2.05) is 24.3 Å². The molecule has 2 heteroatoms. The van der Waals surface area contributed by atoms with E-state index in [9.17, 15) is 0 Å². The van der Waals surface area contributed by atoms with Gasteiger partial charge in [-0.15, -0.1) is 0 Å². The number of aliphatic imine (C=N–C) groups is 1. The molecule has 62 heavy (non-hydrogen) atoms. The molecule has 0 aliphatic heterocycles. The van der Waals surface area contributed by atoms with Gasteiger partial charge in [-0.1, -0.05) is 201 Å². The number of aromatic nitrogens is 1. The molecule has 0 unspecified atom stereocenters. The molecule has 0 bridgehead atoms. The van der Waals surface area contributed by atoms with E-state index in [2.05, 4.69) is 230 Å². The van der Waals surface area contributed by atoms with Crippen molar-refractivity contribution < 1.29 is 0 Å². The lowest BCUT2D eigenvalue weighted by atomic mass is 9.90. The third-order valence-electron chi connectivity index (χ3n) is 11.8. The lowest BCUT2D eigenvalue weighted by Crippen LogP contribution is -1.99. The summed E-state index contributed by atoms with van der Waals surface area (Å²) in [4.78, 5) is 5.10. The molecule has 10 rings (SSSR count). The van der Waals surface area contributed by atoms with Gasteiger partial charge in [0, 0.05) is 22.0 Å². The van der Waals surface area contributed by atoms with Crippen LogP contribution in [0.1, 0.15) is 23.6 Å². The minimum Gasteiger partial charge on any atom is -0.309 e. The van der Waals surface area contributed by atoms with E-state index in [1.54, 1.807) is 0 Å².